The predicted molar refractivity (Wildman–Crippen MR) is 215 cm³/mol. The van der Waals surface area contributed by atoms with Crippen LogP contribution in [-0.2, 0) is 25.7 Å². The van der Waals surface area contributed by atoms with Gasteiger partial charge in [0.15, 0.2) is 0 Å². The zero-order valence-corrected chi connectivity index (χ0v) is 31.5. The first-order valence-corrected chi connectivity index (χ1v) is 19.1. The van der Waals surface area contributed by atoms with Crippen LogP contribution in [0.15, 0.2) is 73.4 Å². The zero-order valence-electron chi connectivity index (χ0n) is 31.5. The molecule has 9 aromatic rings. The Labute approximate surface area is 317 Å². The van der Waals surface area contributed by atoms with Crippen molar-refractivity contribution in [2.75, 3.05) is 18.0 Å². The van der Waals surface area contributed by atoms with Crippen LogP contribution in [0.4, 0.5) is 5.69 Å². The van der Waals surface area contributed by atoms with Gasteiger partial charge in [-0.25, -0.2) is 34.9 Å². The highest BCUT2D eigenvalue weighted by molar-refractivity contribution is 6.01. The minimum absolute atomic E-state index is 0.668. The first-order chi connectivity index (χ1) is 26.9. The predicted octanol–water partition coefficient (Wildman–Crippen LogP) is 7.28. The second-order valence-electron chi connectivity index (χ2n) is 14.6. The van der Waals surface area contributed by atoms with Crippen molar-refractivity contribution >= 4 is 49.8 Å². The van der Waals surface area contributed by atoms with Crippen LogP contribution in [0.2, 0.25) is 0 Å². The first-order valence-electron chi connectivity index (χ1n) is 19.1. The minimum atomic E-state index is 0.668. The lowest BCUT2D eigenvalue weighted by atomic mass is 10.1. The number of pyridine rings is 5. The average Bonchev–Trinajstić information content (AvgIpc) is 3.93. The number of aryl methyl sites for hydroxylation is 8. The summed E-state index contributed by atoms with van der Waals surface area (Å²) in [6, 6.07) is 14.2. The summed E-state index contributed by atoms with van der Waals surface area (Å²) in [5.74, 6) is 1.63. The normalized spacial score (nSPS) is 13.4. The van der Waals surface area contributed by atoms with Crippen LogP contribution in [-0.4, -0.2) is 66.7 Å². The fourth-order valence-corrected chi connectivity index (χ4v) is 8.36. The van der Waals surface area contributed by atoms with Crippen LogP contribution in [0.1, 0.15) is 58.7 Å². The lowest BCUT2D eigenvalue weighted by Crippen LogP contribution is -2.21. The van der Waals surface area contributed by atoms with E-state index in [9.17, 15) is 0 Å². The standard InChI is InChI=1S/C43H40N12/c1-25-41(53-20-5-6-21-53)26(2)48-39(47-25)16-14-33-28(4)55-24-31(40-30(43(55)52-33)10-8-19-45-40)35-11-12-36-37(49-35)23-46-38(50-36)15-13-32-27(3)54-22-17-34-29(42(54)51-32)9-7-18-44-34/h7-12,17-19,22-24H,5-6,13-16,20-21H2,1-4H3. The SMILES string of the molecule is Cc1nc(CCc2nc3c4cccnc4c(-c4ccc5nc(CCc6nc7c8cccnc8ccn7c6C)ncc5n4)cn3c2C)nc(C)c1N1CCCC1. The molecule has 0 spiro atoms. The van der Waals surface area contributed by atoms with Crippen molar-refractivity contribution in [1.29, 1.82) is 0 Å². The van der Waals surface area contributed by atoms with Crippen LogP contribution in [0.25, 0.3) is 55.4 Å². The van der Waals surface area contributed by atoms with Crippen LogP contribution in [0.5, 0.6) is 0 Å². The molecular formula is C43H40N12. The zero-order chi connectivity index (χ0) is 37.2. The number of hydrogen-bond donors (Lipinski definition) is 0. The van der Waals surface area contributed by atoms with Crippen molar-refractivity contribution in [3.05, 3.63) is 119 Å². The van der Waals surface area contributed by atoms with Gasteiger partial charge in [0.25, 0.3) is 0 Å². The lowest BCUT2D eigenvalue weighted by Gasteiger charge is -2.21. The Morgan fingerprint density at radius 2 is 1.27 bits per heavy atom. The molecule has 10 rings (SSSR count). The Bertz CT molecular complexity index is 2930. The number of anilines is 1. The van der Waals surface area contributed by atoms with E-state index in [4.69, 9.17) is 39.9 Å². The molecule has 0 N–H and O–H groups in total. The Morgan fingerprint density at radius 1 is 0.582 bits per heavy atom. The Kier molecular flexibility index (Phi) is 7.93. The largest absolute Gasteiger partial charge is 0.369 e. The van der Waals surface area contributed by atoms with E-state index in [0.29, 0.717) is 6.42 Å². The molecule has 0 atom stereocenters. The lowest BCUT2D eigenvalue weighted by molar-refractivity contribution is 0.805. The van der Waals surface area contributed by atoms with Gasteiger partial charge in [0.05, 0.1) is 56.9 Å². The topological polar surface area (TPSA) is 128 Å². The molecule has 0 bridgehead atoms. The molecule has 1 fully saturated rings. The molecule has 1 saturated heterocycles. The summed E-state index contributed by atoms with van der Waals surface area (Å²) in [4.78, 5) is 46.5. The van der Waals surface area contributed by atoms with Gasteiger partial charge in [0, 0.05) is 78.4 Å². The van der Waals surface area contributed by atoms with Crippen molar-refractivity contribution in [3.8, 4) is 11.3 Å². The highest BCUT2D eigenvalue weighted by Crippen LogP contribution is 2.32. The number of rotatable bonds is 8. The van der Waals surface area contributed by atoms with Gasteiger partial charge in [-0.1, -0.05) is 0 Å². The highest BCUT2D eigenvalue weighted by Gasteiger charge is 2.21. The maximum atomic E-state index is 5.16. The molecule has 55 heavy (non-hydrogen) atoms. The second-order valence-corrected chi connectivity index (χ2v) is 14.6. The summed E-state index contributed by atoms with van der Waals surface area (Å²) in [7, 11) is 0. The molecule has 0 amide bonds. The van der Waals surface area contributed by atoms with Crippen LogP contribution in [0, 0.1) is 27.7 Å². The van der Waals surface area contributed by atoms with Gasteiger partial charge in [-0.2, -0.15) is 0 Å². The van der Waals surface area contributed by atoms with Crippen molar-refractivity contribution < 1.29 is 0 Å². The minimum Gasteiger partial charge on any atom is -0.369 e. The second kappa shape index (κ2) is 13.2. The quantitative estimate of drug-likeness (QED) is 0.158. The average molecular weight is 725 g/mol. The van der Waals surface area contributed by atoms with E-state index in [1.54, 1.807) is 0 Å². The summed E-state index contributed by atoms with van der Waals surface area (Å²) in [5, 5.41) is 2.02. The molecule has 272 valence electrons. The van der Waals surface area contributed by atoms with Gasteiger partial charge >= 0.3 is 0 Å². The van der Waals surface area contributed by atoms with E-state index in [0.717, 1.165) is 134 Å². The fraction of sp³-hybridized carbons (Fsp3) is 0.279. The fourth-order valence-electron chi connectivity index (χ4n) is 8.36. The van der Waals surface area contributed by atoms with E-state index >= 15 is 0 Å². The van der Waals surface area contributed by atoms with Gasteiger partial charge in [0.2, 0.25) is 0 Å². The number of aromatic nitrogens is 11. The van der Waals surface area contributed by atoms with Crippen LogP contribution < -0.4 is 4.90 Å². The highest BCUT2D eigenvalue weighted by atomic mass is 15.2. The first kappa shape index (κ1) is 33.2. The van der Waals surface area contributed by atoms with Gasteiger partial charge in [-0.3, -0.25) is 9.97 Å². The number of hydrogen-bond acceptors (Lipinski definition) is 10. The summed E-state index contributed by atoms with van der Waals surface area (Å²) in [6.07, 6.45) is 14.9. The Balaban J connectivity index is 0.924. The van der Waals surface area contributed by atoms with Crippen molar-refractivity contribution in [3.63, 3.8) is 0 Å². The van der Waals surface area contributed by atoms with Crippen molar-refractivity contribution in [2.45, 2.75) is 66.2 Å². The molecule has 10 heterocycles. The van der Waals surface area contributed by atoms with Crippen LogP contribution >= 0.6 is 0 Å². The molecule has 0 radical (unpaired) electrons. The third-order valence-corrected chi connectivity index (χ3v) is 11.2. The smallest absolute Gasteiger partial charge is 0.146 e. The Hall–Kier alpha value is -6.43. The van der Waals surface area contributed by atoms with Gasteiger partial charge in [0.1, 0.15) is 28.5 Å². The van der Waals surface area contributed by atoms with E-state index in [1.807, 2.05) is 55.1 Å². The molecule has 12 nitrogen and oxygen atoms in total. The summed E-state index contributed by atoms with van der Waals surface area (Å²) in [5.41, 5.74) is 14.5. The van der Waals surface area contributed by atoms with Gasteiger partial charge < -0.3 is 13.7 Å². The van der Waals surface area contributed by atoms with E-state index < -0.39 is 0 Å². The maximum Gasteiger partial charge on any atom is 0.146 e. The third kappa shape index (κ3) is 5.71. The maximum absolute atomic E-state index is 5.16. The molecule has 12 heteroatoms. The molecule has 1 aliphatic heterocycles. The molecule has 0 unspecified atom stereocenters. The van der Waals surface area contributed by atoms with Crippen molar-refractivity contribution in [1.82, 2.24) is 53.7 Å². The van der Waals surface area contributed by atoms with Gasteiger partial charge in [-0.15, -0.1) is 0 Å². The molecule has 9 aromatic heterocycles. The number of imidazole rings is 2. The molecule has 0 saturated carbocycles. The molecular weight excluding hydrogens is 685 g/mol. The monoisotopic (exact) mass is 724 g/mol. The summed E-state index contributed by atoms with van der Waals surface area (Å²) in [6.45, 7) is 10.6. The number of fused-ring (bicyclic) bond motifs is 7. The molecule has 0 aromatic carbocycles. The van der Waals surface area contributed by atoms with Gasteiger partial charge in [-0.05, 0) is 95.8 Å². The van der Waals surface area contributed by atoms with Crippen molar-refractivity contribution in [2.24, 2.45) is 0 Å². The van der Waals surface area contributed by atoms with E-state index in [1.165, 1.54) is 18.5 Å². The summed E-state index contributed by atoms with van der Waals surface area (Å²) >= 11 is 0. The third-order valence-electron chi connectivity index (χ3n) is 11.2. The number of nitrogens with zero attached hydrogens (tertiary/aromatic N) is 12. The Morgan fingerprint density at radius 3 is 2.05 bits per heavy atom. The molecule has 0 aliphatic carbocycles. The summed E-state index contributed by atoms with van der Waals surface area (Å²) < 4.78 is 4.31. The molecule has 1 aliphatic rings. The van der Waals surface area contributed by atoms with Crippen LogP contribution in [0.3, 0.4) is 0 Å². The van der Waals surface area contributed by atoms with E-state index in [-0.39, 0.29) is 0 Å². The van der Waals surface area contributed by atoms with E-state index in [2.05, 4.69) is 64.7 Å².